The Morgan fingerprint density at radius 1 is 1.24 bits per heavy atom. The van der Waals surface area contributed by atoms with Gasteiger partial charge in [0.25, 0.3) is 5.69 Å². The molecular weight excluding hydrogens is 461 g/mol. The van der Waals surface area contributed by atoms with E-state index in [0.29, 0.717) is 5.02 Å². The lowest BCUT2D eigenvalue weighted by Gasteiger charge is -2.14. The van der Waals surface area contributed by atoms with Crippen LogP contribution in [0.3, 0.4) is 0 Å². The molecule has 0 aromatic heterocycles. The van der Waals surface area contributed by atoms with E-state index in [1.165, 1.54) is 18.2 Å². The summed E-state index contributed by atoms with van der Waals surface area (Å²) in [6, 6.07) is 9.05. The molecule has 0 aliphatic carbocycles. The van der Waals surface area contributed by atoms with E-state index in [9.17, 15) is 14.9 Å². The number of para-hydroxylation sites is 1. The Labute approximate surface area is 184 Å². The smallest absolute Gasteiger partial charge is 0.280 e. The van der Waals surface area contributed by atoms with Crippen molar-refractivity contribution in [1.82, 2.24) is 0 Å². The minimum Gasteiger partial charge on any atom is -0.323 e. The van der Waals surface area contributed by atoms with Crippen LogP contribution in [-0.2, 0) is 4.79 Å². The fraction of sp³-hybridized carbons (Fsp3) is 0.176. The van der Waals surface area contributed by atoms with Gasteiger partial charge < -0.3 is 5.32 Å². The molecule has 8 nitrogen and oxygen atoms in total. The molecular formula is C17H12Cl3N5O3S. The van der Waals surface area contributed by atoms with Gasteiger partial charge in [0, 0.05) is 11.1 Å². The molecule has 1 aliphatic heterocycles. The van der Waals surface area contributed by atoms with Crippen LogP contribution in [0.5, 0.6) is 0 Å². The van der Waals surface area contributed by atoms with Crippen molar-refractivity contribution in [3.63, 3.8) is 0 Å². The summed E-state index contributed by atoms with van der Waals surface area (Å²) >= 11 is 19.1. The molecule has 12 heteroatoms. The van der Waals surface area contributed by atoms with Crippen molar-refractivity contribution in [3.05, 3.63) is 67.1 Å². The van der Waals surface area contributed by atoms with Crippen molar-refractivity contribution in [3.8, 4) is 0 Å². The second-order valence-electron chi connectivity index (χ2n) is 5.78. The number of carbonyl (C=O) groups is 1. The molecule has 1 aliphatic rings. The zero-order chi connectivity index (χ0) is 21.1. The zero-order valence-corrected chi connectivity index (χ0v) is 17.8. The Balaban J connectivity index is 1.69. The number of azo groups is 1. The summed E-state index contributed by atoms with van der Waals surface area (Å²) in [4.78, 5) is 27.4. The van der Waals surface area contributed by atoms with Gasteiger partial charge in [-0.05, 0) is 25.1 Å². The van der Waals surface area contributed by atoms with Gasteiger partial charge >= 0.3 is 0 Å². The number of aliphatic imine (C=N–C) groups is 1. The van der Waals surface area contributed by atoms with Crippen LogP contribution in [0.1, 0.15) is 12.5 Å². The molecule has 0 unspecified atom stereocenters. The third-order valence-corrected chi connectivity index (χ3v) is 5.66. The highest BCUT2D eigenvalue weighted by atomic mass is 35.5. The van der Waals surface area contributed by atoms with Gasteiger partial charge in [-0.25, -0.2) is 4.99 Å². The van der Waals surface area contributed by atoms with Crippen molar-refractivity contribution in [2.75, 3.05) is 5.32 Å². The fourth-order valence-corrected chi connectivity index (χ4v) is 4.12. The van der Waals surface area contributed by atoms with Crippen LogP contribution < -0.4 is 5.32 Å². The molecule has 2 atom stereocenters. The van der Waals surface area contributed by atoms with E-state index in [1.807, 2.05) is 0 Å². The predicted molar refractivity (Wildman–Crippen MR) is 115 cm³/mol. The normalized spacial score (nSPS) is 16.4. The summed E-state index contributed by atoms with van der Waals surface area (Å²) in [5.74, 6) is -0.225. The lowest BCUT2D eigenvalue weighted by molar-refractivity contribution is -0.385. The Morgan fingerprint density at radius 2 is 1.90 bits per heavy atom. The first kappa shape index (κ1) is 21.5. The van der Waals surface area contributed by atoms with Crippen LogP contribution in [0.2, 0.25) is 15.1 Å². The van der Waals surface area contributed by atoms with Crippen LogP contribution in [0.25, 0.3) is 0 Å². The number of thioether (sulfide) groups is 1. The average molecular weight is 473 g/mol. The van der Waals surface area contributed by atoms with Crippen LogP contribution >= 0.6 is 46.6 Å². The Kier molecular flexibility index (Phi) is 6.74. The summed E-state index contributed by atoms with van der Waals surface area (Å²) in [6.45, 7) is 1.66. The van der Waals surface area contributed by atoms with Gasteiger partial charge in [0.2, 0.25) is 11.4 Å². The van der Waals surface area contributed by atoms with Crippen LogP contribution in [-0.4, -0.2) is 27.4 Å². The van der Waals surface area contributed by atoms with E-state index < -0.39 is 15.7 Å². The molecule has 0 bridgehead atoms. The quantitative estimate of drug-likeness (QED) is 0.422. The monoisotopic (exact) mass is 471 g/mol. The predicted octanol–water partition coefficient (Wildman–Crippen LogP) is 5.81. The van der Waals surface area contributed by atoms with E-state index in [4.69, 9.17) is 34.8 Å². The van der Waals surface area contributed by atoms with E-state index in [2.05, 4.69) is 20.5 Å². The maximum absolute atomic E-state index is 12.5. The van der Waals surface area contributed by atoms with Crippen molar-refractivity contribution < 1.29 is 9.72 Å². The van der Waals surface area contributed by atoms with Crippen molar-refractivity contribution in [2.24, 2.45) is 15.2 Å². The lowest BCUT2D eigenvalue weighted by Crippen LogP contribution is -2.24. The number of amidine groups is 1. The van der Waals surface area contributed by atoms with Gasteiger partial charge in [-0.2, -0.15) is 0 Å². The molecule has 1 heterocycles. The number of nitrogens with zero attached hydrogens (tertiary/aromatic N) is 4. The number of amides is 1. The number of rotatable bonds is 6. The Morgan fingerprint density at radius 3 is 2.55 bits per heavy atom. The van der Waals surface area contributed by atoms with Crippen molar-refractivity contribution in [1.29, 1.82) is 0 Å². The van der Waals surface area contributed by atoms with Gasteiger partial charge in [-0.1, -0.05) is 58.7 Å². The minimum atomic E-state index is -0.707. The van der Waals surface area contributed by atoms with E-state index in [1.54, 1.807) is 25.1 Å². The van der Waals surface area contributed by atoms with E-state index >= 15 is 0 Å². The number of nitro groups is 1. The SMILES string of the molecule is C[C@H](S[C@H]1N=NC(c2ccccc2[N+](=O)[O-])=N1)C(=O)Nc1c(Cl)cc(Cl)cc1Cl. The highest BCUT2D eigenvalue weighted by Gasteiger charge is 2.26. The first-order chi connectivity index (χ1) is 13.8. The first-order valence-electron chi connectivity index (χ1n) is 8.09. The topological polar surface area (TPSA) is 109 Å². The summed E-state index contributed by atoms with van der Waals surface area (Å²) in [7, 11) is 0. The molecule has 0 radical (unpaired) electrons. The molecule has 0 spiro atoms. The van der Waals surface area contributed by atoms with Crippen LogP contribution in [0.4, 0.5) is 11.4 Å². The highest BCUT2D eigenvalue weighted by molar-refractivity contribution is 8.01. The van der Waals surface area contributed by atoms with E-state index in [0.717, 1.165) is 11.8 Å². The van der Waals surface area contributed by atoms with E-state index in [-0.39, 0.29) is 38.7 Å². The minimum absolute atomic E-state index is 0.117. The maximum Gasteiger partial charge on any atom is 0.280 e. The third-order valence-electron chi connectivity index (χ3n) is 3.78. The lowest BCUT2D eigenvalue weighted by atomic mass is 10.1. The van der Waals surface area contributed by atoms with Gasteiger partial charge in [0.1, 0.15) is 0 Å². The molecule has 150 valence electrons. The van der Waals surface area contributed by atoms with Crippen molar-refractivity contribution >= 4 is 69.7 Å². The summed E-state index contributed by atoms with van der Waals surface area (Å²) in [6.07, 6.45) is 0. The van der Waals surface area contributed by atoms with Gasteiger partial charge in [0.15, 0.2) is 5.84 Å². The fourth-order valence-electron chi connectivity index (χ4n) is 2.39. The molecule has 29 heavy (non-hydrogen) atoms. The summed E-state index contributed by atoms with van der Waals surface area (Å²) < 4.78 is 0. The Hall–Kier alpha value is -2.20. The molecule has 2 aromatic rings. The molecule has 1 amide bonds. The number of anilines is 1. The molecule has 0 saturated heterocycles. The summed E-state index contributed by atoms with van der Waals surface area (Å²) in [5, 5.41) is 21.9. The molecule has 0 fully saturated rings. The largest absolute Gasteiger partial charge is 0.323 e. The number of benzene rings is 2. The number of hydrogen-bond donors (Lipinski definition) is 1. The zero-order valence-electron chi connectivity index (χ0n) is 14.7. The van der Waals surface area contributed by atoms with Gasteiger partial charge in [-0.3, -0.25) is 14.9 Å². The maximum atomic E-state index is 12.5. The molecule has 0 saturated carbocycles. The van der Waals surface area contributed by atoms with Crippen LogP contribution in [0.15, 0.2) is 51.6 Å². The second-order valence-corrected chi connectivity index (χ2v) is 8.43. The highest BCUT2D eigenvalue weighted by Crippen LogP contribution is 2.35. The molecule has 1 N–H and O–H groups in total. The standard InChI is InChI=1S/C17H12Cl3N5O3S/c1-8(16(26)21-14-11(19)6-9(18)7-12(14)20)29-17-22-15(23-24-17)10-4-2-3-5-13(10)25(27)28/h2-8,17H,1H3,(H,21,26)/t8-,17+/m0/s1. The Bertz CT molecular complexity index is 1020. The number of halogens is 3. The third kappa shape index (κ3) is 5.05. The molecule has 3 rings (SSSR count). The number of carbonyl (C=O) groups excluding carboxylic acids is 1. The number of nitro benzene ring substituents is 1. The number of nitrogens with one attached hydrogen (secondary N) is 1. The van der Waals surface area contributed by atoms with Crippen LogP contribution in [0, 0.1) is 10.1 Å². The van der Waals surface area contributed by atoms with Crippen molar-refractivity contribution in [2.45, 2.75) is 17.7 Å². The second kappa shape index (κ2) is 9.08. The van der Waals surface area contributed by atoms with Gasteiger partial charge in [-0.15, -0.1) is 10.2 Å². The molecule has 2 aromatic carbocycles. The average Bonchev–Trinajstić information content (AvgIpc) is 3.12. The number of hydrogen-bond acceptors (Lipinski definition) is 7. The first-order valence-corrected chi connectivity index (χ1v) is 10.2. The summed E-state index contributed by atoms with van der Waals surface area (Å²) in [5.41, 5.74) is -0.302. The van der Waals surface area contributed by atoms with Gasteiger partial charge in [0.05, 0.1) is 31.5 Å².